The topological polar surface area (TPSA) is 75.7 Å². The lowest BCUT2D eigenvalue weighted by Crippen LogP contribution is -2.40. The van der Waals surface area contributed by atoms with Gasteiger partial charge in [0.2, 0.25) is 15.9 Å². The van der Waals surface area contributed by atoms with E-state index in [9.17, 15) is 17.6 Å². The van der Waals surface area contributed by atoms with E-state index in [1.54, 1.807) is 0 Å². The molecule has 2 aromatic rings. The second kappa shape index (κ2) is 10.2. The molecule has 0 heterocycles. The summed E-state index contributed by atoms with van der Waals surface area (Å²) in [6, 6.07) is 12.9. The van der Waals surface area contributed by atoms with Gasteiger partial charge >= 0.3 is 0 Å². The fraction of sp³-hybridized carbons (Fsp3) is 0.381. The van der Waals surface area contributed by atoms with Gasteiger partial charge in [-0.25, -0.2) is 12.8 Å². The Hall–Kier alpha value is -2.61. The summed E-state index contributed by atoms with van der Waals surface area (Å²) >= 11 is 0. The molecule has 0 saturated carbocycles. The number of halogens is 1. The van der Waals surface area contributed by atoms with Crippen molar-refractivity contribution in [2.45, 2.75) is 32.8 Å². The number of aryl methyl sites for hydroxylation is 1. The molecule has 0 unspecified atom stereocenters. The maximum Gasteiger partial charge on any atom is 0.240 e. The Labute approximate surface area is 171 Å². The Morgan fingerprint density at radius 3 is 2.55 bits per heavy atom. The van der Waals surface area contributed by atoms with Gasteiger partial charge in [-0.15, -0.1) is 0 Å². The molecule has 0 spiro atoms. The van der Waals surface area contributed by atoms with Crippen LogP contribution in [-0.4, -0.2) is 39.8 Å². The summed E-state index contributed by atoms with van der Waals surface area (Å²) in [4.78, 5) is 12.2. The number of anilines is 1. The first-order valence-corrected chi connectivity index (χ1v) is 11.3. The molecule has 0 fully saturated rings. The molecule has 6 nitrogen and oxygen atoms in total. The summed E-state index contributed by atoms with van der Waals surface area (Å²) in [6.07, 6.45) is 2.52. The molecule has 0 aliphatic carbocycles. The first-order valence-electron chi connectivity index (χ1n) is 9.41. The van der Waals surface area contributed by atoms with Crippen molar-refractivity contribution in [3.05, 3.63) is 59.9 Å². The molecule has 0 bridgehead atoms. The predicted octanol–water partition coefficient (Wildman–Crippen LogP) is 3.13. The number of nitrogens with zero attached hydrogens (tertiary/aromatic N) is 1. The zero-order chi connectivity index (χ0) is 21.4. The number of ether oxygens (including phenoxy) is 1. The predicted molar refractivity (Wildman–Crippen MR) is 112 cm³/mol. The minimum atomic E-state index is -3.73. The Bertz CT molecular complexity index is 932. The van der Waals surface area contributed by atoms with Crippen LogP contribution in [-0.2, 0) is 21.2 Å². The molecule has 0 aliphatic rings. The van der Waals surface area contributed by atoms with Crippen LogP contribution in [0.2, 0.25) is 0 Å². The number of nitrogens with one attached hydrogen (secondary N) is 1. The van der Waals surface area contributed by atoms with Crippen LogP contribution in [0.15, 0.2) is 48.5 Å². The normalized spacial score (nSPS) is 11.3. The van der Waals surface area contributed by atoms with Crippen LogP contribution in [0.5, 0.6) is 5.75 Å². The van der Waals surface area contributed by atoms with Gasteiger partial charge < -0.3 is 10.1 Å². The minimum absolute atomic E-state index is 0.0976. The molecule has 0 saturated heterocycles. The van der Waals surface area contributed by atoms with Crippen LogP contribution in [0, 0.1) is 5.82 Å². The average molecular weight is 423 g/mol. The fourth-order valence-corrected chi connectivity index (χ4v) is 3.63. The summed E-state index contributed by atoms with van der Waals surface area (Å²) in [5.74, 6) is -0.211. The zero-order valence-electron chi connectivity index (χ0n) is 16.9. The SMILES string of the molecule is CC(C)Oc1cccc(CCCNC(=O)CN(c2cccc(F)c2)S(C)(=O)=O)c1. The summed E-state index contributed by atoms with van der Waals surface area (Å²) in [7, 11) is -3.73. The Morgan fingerprint density at radius 1 is 1.17 bits per heavy atom. The van der Waals surface area contributed by atoms with E-state index < -0.39 is 28.3 Å². The van der Waals surface area contributed by atoms with Crippen molar-refractivity contribution in [2.24, 2.45) is 0 Å². The van der Waals surface area contributed by atoms with Gasteiger partial charge in [0.05, 0.1) is 18.0 Å². The van der Waals surface area contributed by atoms with Crippen molar-refractivity contribution in [3.63, 3.8) is 0 Å². The summed E-state index contributed by atoms with van der Waals surface area (Å²) < 4.78 is 44.0. The molecule has 158 valence electrons. The largest absolute Gasteiger partial charge is 0.491 e. The van der Waals surface area contributed by atoms with Crippen LogP contribution in [0.4, 0.5) is 10.1 Å². The third-order valence-electron chi connectivity index (χ3n) is 4.02. The zero-order valence-corrected chi connectivity index (χ0v) is 17.7. The quantitative estimate of drug-likeness (QED) is 0.597. The van der Waals surface area contributed by atoms with Crippen LogP contribution in [0.25, 0.3) is 0 Å². The molecule has 1 amide bonds. The van der Waals surface area contributed by atoms with Crippen molar-refractivity contribution in [3.8, 4) is 5.75 Å². The van der Waals surface area contributed by atoms with Gasteiger partial charge in [-0.1, -0.05) is 18.2 Å². The van der Waals surface area contributed by atoms with Crippen molar-refractivity contribution in [2.75, 3.05) is 23.7 Å². The smallest absolute Gasteiger partial charge is 0.240 e. The van der Waals surface area contributed by atoms with Gasteiger partial charge in [0, 0.05) is 6.54 Å². The first kappa shape index (κ1) is 22.7. The maximum atomic E-state index is 13.4. The van der Waals surface area contributed by atoms with Crippen LogP contribution in [0.1, 0.15) is 25.8 Å². The van der Waals surface area contributed by atoms with Crippen LogP contribution < -0.4 is 14.4 Å². The second-order valence-electron chi connectivity index (χ2n) is 7.02. The number of amides is 1. The van der Waals surface area contributed by atoms with Gasteiger partial charge in [0.25, 0.3) is 0 Å². The number of carbonyl (C=O) groups is 1. The highest BCUT2D eigenvalue weighted by Gasteiger charge is 2.21. The van der Waals surface area contributed by atoms with Gasteiger partial charge in [-0.2, -0.15) is 0 Å². The Balaban J connectivity index is 1.87. The van der Waals surface area contributed by atoms with Crippen molar-refractivity contribution in [1.29, 1.82) is 0 Å². The molecule has 0 aliphatic heterocycles. The standard InChI is InChI=1S/C21H27FN2O4S/c1-16(2)28-20-11-4-7-17(13-20)8-6-12-23-21(25)15-24(29(3,26)27)19-10-5-9-18(22)14-19/h4-5,7,9-11,13-14,16H,6,8,12,15H2,1-3H3,(H,23,25). The second-order valence-corrected chi connectivity index (χ2v) is 8.92. The fourth-order valence-electron chi connectivity index (χ4n) is 2.78. The summed E-state index contributed by atoms with van der Waals surface area (Å²) in [5, 5.41) is 2.72. The number of benzene rings is 2. The number of hydrogen-bond donors (Lipinski definition) is 1. The molecule has 0 atom stereocenters. The lowest BCUT2D eigenvalue weighted by atomic mass is 10.1. The number of hydrogen-bond acceptors (Lipinski definition) is 4. The average Bonchev–Trinajstić information content (AvgIpc) is 2.62. The molecular formula is C21H27FN2O4S. The highest BCUT2D eigenvalue weighted by molar-refractivity contribution is 7.92. The number of sulfonamides is 1. The number of carbonyl (C=O) groups excluding carboxylic acids is 1. The summed E-state index contributed by atoms with van der Waals surface area (Å²) in [6.45, 7) is 3.92. The first-order chi connectivity index (χ1) is 13.6. The van der Waals surface area contributed by atoms with E-state index in [-0.39, 0.29) is 11.8 Å². The third-order valence-corrected chi connectivity index (χ3v) is 5.16. The monoisotopic (exact) mass is 422 g/mol. The molecule has 8 heteroatoms. The number of rotatable bonds is 10. The lowest BCUT2D eigenvalue weighted by Gasteiger charge is -2.21. The van der Waals surface area contributed by atoms with Crippen LogP contribution in [0.3, 0.4) is 0 Å². The molecule has 0 aromatic heterocycles. The highest BCUT2D eigenvalue weighted by Crippen LogP contribution is 2.18. The van der Waals surface area contributed by atoms with E-state index in [4.69, 9.17) is 4.74 Å². The third kappa shape index (κ3) is 7.73. The van der Waals surface area contributed by atoms with Crippen LogP contribution >= 0.6 is 0 Å². The molecule has 2 rings (SSSR count). The molecule has 2 aromatic carbocycles. The van der Waals surface area contributed by atoms with Crippen molar-refractivity contribution in [1.82, 2.24) is 5.32 Å². The molecule has 29 heavy (non-hydrogen) atoms. The van der Waals surface area contributed by atoms with E-state index in [1.165, 1.54) is 18.2 Å². The minimum Gasteiger partial charge on any atom is -0.491 e. The molecule has 0 radical (unpaired) electrons. The van der Waals surface area contributed by atoms with E-state index >= 15 is 0 Å². The van der Waals surface area contributed by atoms with E-state index in [1.807, 2.05) is 38.1 Å². The molecule has 1 N–H and O–H groups in total. The Kier molecular flexibility index (Phi) is 8.01. The lowest BCUT2D eigenvalue weighted by molar-refractivity contribution is -0.119. The summed E-state index contributed by atoms with van der Waals surface area (Å²) in [5.41, 5.74) is 1.21. The van der Waals surface area contributed by atoms with Gasteiger partial charge in [-0.05, 0) is 62.6 Å². The van der Waals surface area contributed by atoms with Gasteiger partial charge in [-0.3, -0.25) is 9.10 Å². The maximum absolute atomic E-state index is 13.4. The van der Waals surface area contributed by atoms with Crippen molar-refractivity contribution >= 4 is 21.6 Å². The molecular weight excluding hydrogens is 395 g/mol. The van der Waals surface area contributed by atoms with Gasteiger partial charge in [0.1, 0.15) is 18.1 Å². The van der Waals surface area contributed by atoms with Gasteiger partial charge in [0.15, 0.2) is 0 Å². The van der Waals surface area contributed by atoms with E-state index in [0.717, 1.165) is 34.4 Å². The van der Waals surface area contributed by atoms with E-state index in [2.05, 4.69) is 5.32 Å². The Morgan fingerprint density at radius 2 is 1.90 bits per heavy atom. The van der Waals surface area contributed by atoms with E-state index in [0.29, 0.717) is 13.0 Å². The highest BCUT2D eigenvalue weighted by atomic mass is 32.2. The van der Waals surface area contributed by atoms with Crippen molar-refractivity contribution < 1.29 is 22.3 Å².